The summed E-state index contributed by atoms with van der Waals surface area (Å²) in [6, 6.07) is 2.56. The fourth-order valence-corrected chi connectivity index (χ4v) is 13.2. The van der Waals surface area contributed by atoms with Crippen molar-refractivity contribution in [3.63, 3.8) is 0 Å². The van der Waals surface area contributed by atoms with Crippen molar-refractivity contribution in [2.45, 2.75) is 82.7 Å². The normalized spacial score (nSPS) is 22.2. The number of hydrogen-bond donors (Lipinski definition) is 3. The minimum absolute atomic E-state index is 0.00630. The van der Waals surface area contributed by atoms with E-state index in [1.54, 1.807) is 37.2 Å². The average molecular weight is 1020 g/mol. The zero-order chi connectivity index (χ0) is 46.2. The van der Waals surface area contributed by atoms with Crippen LogP contribution in [0.15, 0.2) is 56.6 Å². The van der Waals surface area contributed by atoms with Gasteiger partial charge in [0.15, 0.2) is 0 Å². The van der Waals surface area contributed by atoms with Gasteiger partial charge in [0.25, 0.3) is 11.8 Å². The number of imide groups is 2. The van der Waals surface area contributed by atoms with Crippen LogP contribution in [0.1, 0.15) is 75.3 Å². The number of carbonyl (C=O) groups is 6. The van der Waals surface area contributed by atoms with Crippen LogP contribution in [0, 0.1) is 17.8 Å². The molecule has 7 aliphatic rings. The number of alkyl halides is 2. The number of hydrogen-bond acceptors (Lipinski definition) is 10. The third-order valence-corrected chi connectivity index (χ3v) is 16.8. The number of carbonyl (C=O) groups excluding carboxylic acids is 6. The van der Waals surface area contributed by atoms with Crippen LogP contribution in [0.4, 0.5) is 19.3 Å². The molecule has 7 heterocycles. The van der Waals surface area contributed by atoms with E-state index in [0.29, 0.717) is 87.3 Å². The Morgan fingerprint density at radius 1 is 0.939 bits per heavy atom. The van der Waals surface area contributed by atoms with E-state index in [1.807, 2.05) is 21.9 Å². The first kappa shape index (κ1) is 45.5. The number of benzene rings is 1. The van der Waals surface area contributed by atoms with Gasteiger partial charge in [-0.2, -0.15) is 0 Å². The number of rotatable bonds is 9. The Bertz CT molecular complexity index is 2510. The Labute approximate surface area is 392 Å². The molecule has 0 bridgehead atoms. The number of anilines is 1. The second-order valence-corrected chi connectivity index (χ2v) is 20.8. The van der Waals surface area contributed by atoms with Gasteiger partial charge >= 0.3 is 269 Å². The Balaban J connectivity index is 0.777. The standard InChI is InChI=1S/C47H54F2IN10O6/c1-51-47(66)58-20-15-37(36(26-58)50-59-21-12-30-22-34(31-24-52-55(2)25-31)35(43(48)49)23-39(30)59)53-32-13-18-57(19-14-32)41(62)27-56-16-10-28(11-17-56)6-7-29-4-3-5-33-42(29)46(65)60(45(33)64)38-8-9-40(61)54-44(38)63/h4,22-25,28,32,38,43,53H,3,5,8-21,26-27H2,1-2H3,(H,51,66)(H,54,61,63)/q-1. The van der Waals surface area contributed by atoms with Crippen LogP contribution in [0.5, 0.6) is 0 Å². The number of aromatic nitrogens is 2. The van der Waals surface area contributed by atoms with E-state index in [4.69, 9.17) is 0 Å². The van der Waals surface area contributed by atoms with Crippen LogP contribution in [-0.4, -0.2) is 136 Å². The van der Waals surface area contributed by atoms with Gasteiger partial charge in [0.05, 0.1) is 5.57 Å². The molecule has 0 radical (unpaired) electrons. The topological polar surface area (TPSA) is 173 Å². The first-order valence-corrected chi connectivity index (χ1v) is 24.9. The molecule has 6 aliphatic heterocycles. The number of aryl methyl sites for hydroxylation is 1. The number of nitrogens with zero attached hydrogens (tertiary/aromatic N) is 7. The Kier molecular flexibility index (Phi) is 13.3. The van der Waals surface area contributed by atoms with Crippen molar-refractivity contribution in [1.82, 2.24) is 45.3 Å². The summed E-state index contributed by atoms with van der Waals surface area (Å²) in [5, 5.41) is 13.0. The molecule has 0 spiro atoms. The predicted octanol–water partition coefficient (Wildman–Crippen LogP) is 0.135. The zero-order valence-electron chi connectivity index (χ0n) is 37.1. The van der Waals surface area contributed by atoms with Crippen molar-refractivity contribution in [3.05, 3.63) is 67.7 Å². The van der Waals surface area contributed by atoms with E-state index >= 15 is 0 Å². The van der Waals surface area contributed by atoms with Gasteiger partial charge in [0.2, 0.25) is 11.8 Å². The number of fused-ring (bicyclic) bond motifs is 1. The van der Waals surface area contributed by atoms with Crippen LogP contribution < -0.4 is 40.5 Å². The molecule has 1 aromatic carbocycles. The summed E-state index contributed by atoms with van der Waals surface area (Å²) in [7, 11) is 3.40. The molecule has 7 amide bonds. The van der Waals surface area contributed by atoms with Gasteiger partial charge in [0.1, 0.15) is 6.04 Å². The molecule has 66 heavy (non-hydrogen) atoms. The van der Waals surface area contributed by atoms with Gasteiger partial charge in [-0.1, -0.05) is 17.9 Å². The SMILES string of the molecule is CNC(=O)N1CCC(NC2CCN(C(=O)CN3CCC(C#CC4=CCCC5=C4C(=O)N(C4CCC(=O)NC4=O)C5=O)CC3)CC2)=C([I-]N2CCc3cc(-c4cnn(C)c4)c(C(F)F)cc32)C1. The van der Waals surface area contributed by atoms with Gasteiger partial charge in [-0.15, -0.1) is 0 Å². The van der Waals surface area contributed by atoms with Crippen molar-refractivity contribution in [1.29, 1.82) is 0 Å². The molecular weight excluding hydrogens is 965 g/mol. The van der Waals surface area contributed by atoms with Crippen LogP contribution in [0.3, 0.4) is 0 Å². The fourth-order valence-electron chi connectivity index (χ4n) is 10.0. The number of nitrogens with one attached hydrogen (secondary N) is 3. The first-order chi connectivity index (χ1) is 31.8. The van der Waals surface area contributed by atoms with E-state index in [0.717, 1.165) is 64.1 Å². The van der Waals surface area contributed by atoms with Gasteiger partial charge in [0, 0.05) is 23.5 Å². The van der Waals surface area contributed by atoms with Gasteiger partial charge in [-0.25, -0.2) is 0 Å². The second-order valence-electron chi connectivity index (χ2n) is 17.9. The van der Waals surface area contributed by atoms with Crippen molar-refractivity contribution in [2.75, 3.05) is 62.5 Å². The Morgan fingerprint density at radius 3 is 2.44 bits per heavy atom. The maximum absolute atomic E-state index is 14.5. The first-order valence-electron chi connectivity index (χ1n) is 22.8. The van der Waals surface area contributed by atoms with Gasteiger partial charge in [-0.05, 0) is 19.3 Å². The number of urea groups is 1. The van der Waals surface area contributed by atoms with Crippen LogP contribution in [0.25, 0.3) is 11.1 Å². The van der Waals surface area contributed by atoms with Crippen molar-refractivity contribution in [2.24, 2.45) is 13.0 Å². The molecule has 19 heteroatoms. The van der Waals surface area contributed by atoms with Gasteiger partial charge in [-0.3, -0.25) is 29.4 Å². The Morgan fingerprint density at radius 2 is 1.73 bits per heavy atom. The van der Waals surface area contributed by atoms with Gasteiger partial charge < -0.3 is 0 Å². The van der Waals surface area contributed by atoms with Crippen molar-refractivity contribution in [3.8, 4) is 23.0 Å². The third-order valence-electron chi connectivity index (χ3n) is 13.7. The summed E-state index contributed by atoms with van der Waals surface area (Å²) in [5.74, 6) is 4.64. The monoisotopic (exact) mass is 1020 g/mol. The number of piperidine rings is 3. The van der Waals surface area contributed by atoms with Crippen LogP contribution in [0.2, 0.25) is 0 Å². The predicted molar refractivity (Wildman–Crippen MR) is 234 cm³/mol. The van der Waals surface area contributed by atoms with E-state index in [2.05, 4.69) is 40.9 Å². The van der Waals surface area contributed by atoms with Crippen molar-refractivity contribution >= 4 is 41.3 Å². The molecule has 3 N–H and O–H groups in total. The molecule has 9 rings (SSSR count). The summed E-state index contributed by atoms with van der Waals surface area (Å²) >= 11 is -0.827. The average Bonchev–Trinajstić information content (AvgIpc) is 4.00. The molecule has 1 atom stereocenters. The van der Waals surface area contributed by atoms with Crippen LogP contribution in [-0.2, 0) is 37.4 Å². The summed E-state index contributed by atoms with van der Waals surface area (Å²) in [5.41, 5.74) is 5.35. The molecule has 0 saturated carbocycles. The molecule has 16 nitrogen and oxygen atoms in total. The number of allylic oxidation sites excluding steroid dienone is 1. The van der Waals surface area contributed by atoms with E-state index < -0.39 is 57.6 Å². The number of amides is 7. The molecule has 1 aliphatic carbocycles. The van der Waals surface area contributed by atoms with E-state index in [-0.39, 0.29) is 47.9 Å². The second kappa shape index (κ2) is 19.3. The molecule has 1 aromatic heterocycles. The number of likely N-dealkylation sites (tertiary alicyclic amines) is 2. The molecule has 1 unspecified atom stereocenters. The summed E-state index contributed by atoms with van der Waals surface area (Å²) < 4.78 is 34.0. The molecular formula is C47H54F2IN10O6-. The van der Waals surface area contributed by atoms with E-state index in [1.165, 1.54) is 0 Å². The van der Waals surface area contributed by atoms with Crippen LogP contribution >= 0.6 is 0 Å². The maximum atomic E-state index is 14.5. The Hall–Kier alpha value is -5.62. The quantitative estimate of drug-likeness (QED) is 0.136. The van der Waals surface area contributed by atoms with Crippen molar-refractivity contribution < 1.29 is 59.0 Å². The molecule has 350 valence electrons. The minimum atomic E-state index is -2.64. The van der Waals surface area contributed by atoms with E-state index in [9.17, 15) is 37.5 Å². The third kappa shape index (κ3) is 9.35. The molecule has 3 saturated heterocycles. The fraction of sp³-hybridized carbons (Fsp3) is 0.511. The summed E-state index contributed by atoms with van der Waals surface area (Å²) in [6.45, 7) is 4.77. The zero-order valence-corrected chi connectivity index (χ0v) is 39.3. The summed E-state index contributed by atoms with van der Waals surface area (Å²) in [6.07, 6.45) is 8.27. The number of halogens is 3. The summed E-state index contributed by atoms with van der Waals surface area (Å²) in [4.78, 5) is 84.3. The molecule has 3 fully saturated rings. The molecule has 2 aromatic rings.